The molecule has 3 nitrogen and oxygen atoms in total. The van der Waals surface area contributed by atoms with Gasteiger partial charge < -0.3 is 9.88 Å². The zero-order valence-electron chi connectivity index (χ0n) is 19.6. The second kappa shape index (κ2) is 8.64. The Morgan fingerprint density at radius 3 is 2.41 bits per heavy atom. The molecular weight excluding hydrogens is 416 g/mol. The van der Waals surface area contributed by atoms with Gasteiger partial charge in [0.25, 0.3) is 0 Å². The van der Waals surface area contributed by atoms with Crippen molar-refractivity contribution < 1.29 is 4.79 Å². The van der Waals surface area contributed by atoms with Gasteiger partial charge in [-0.2, -0.15) is 0 Å². The predicted octanol–water partition coefficient (Wildman–Crippen LogP) is 7.38. The van der Waals surface area contributed by atoms with Crippen molar-refractivity contribution in [2.24, 2.45) is 0 Å². The van der Waals surface area contributed by atoms with Crippen LogP contribution in [0.15, 0.2) is 84.9 Å². The number of carbonyl (C=O) groups is 1. The fraction of sp³-hybridized carbons (Fsp3) is 0.258. The van der Waals surface area contributed by atoms with Crippen molar-refractivity contribution in [1.29, 1.82) is 0 Å². The van der Waals surface area contributed by atoms with Gasteiger partial charge in [-0.05, 0) is 36.5 Å². The molecule has 34 heavy (non-hydrogen) atoms. The van der Waals surface area contributed by atoms with Crippen molar-refractivity contribution in [1.82, 2.24) is 4.57 Å². The van der Waals surface area contributed by atoms with Crippen LogP contribution in [0.4, 0.5) is 5.69 Å². The first-order valence-electron chi connectivity index (χ1n) is 12.5. The number of anilines is 1. The zero-order valence-corrected chi connectivity index (χ0v) is 19.6. The van der Waals surface area contributed by atoms with Gasteiger partial charge in [0.15, 0.2) is 5.78 Å². The molecule has 2 atom stereocenters. The minimum absolute atomic E-state index is 0.138. The number of carbonyl (C=O) groups excluding carboxylic acids is 1. The number of benzene rings is 3. The third-order valence-corrected chi connectivity index (χ3v) is 7.54. The van der Waals surface area contributed by atoms with Crippen LogP contribution in [-0.4, -0.2) is 10.4 Å². The van der Waals surface area contributed by atoms with E-state index < -0.39 is 0 Å². The van der Waals surface area contributed by atoms with Crippen molar-refractivity contribution >= 4 is 11.5 Å². The summed E-state index contributed by atoms with van der Waals surface area (Å²) >= 11 is 0. The molecule has 0 spiro atoms. The molecule has 2 aliphatic rings. The SMILES string of the molecule is CCCCc1c(C(=O)c2ccccc2)c(-c2ccccc2)c2n1CC[C@H]1c3ccccc3N[C@@H]21. The van der Waals surface area contributed by atoms with Gasteiger partial charge in [-0.3, -0.25) is 4.79 Å². The Morgan fingerprint density at radius 1 is 0.941 bits per heavy atom. The average Bonchev–Trinajstić information content (AvgIpc) is 3.44. The number of nitrogens with one attached hydrogen (secondary N) is 1. The third kappa shape index (κ3) is 3.30. The first-order valence-corrected chi connectivity index (χ1v) is 12.5. The zero-order chi connectivity index (χ0) is 23.1. The van der Waals surface area contributed by atoms with E-state index in [1.54, 1.807) is 0 Å². The van der Waals surface area contributed by atoms with Gasteiger partial charge in [0.2, 0.25) is 0 Å². The maximum atomic E-state index is 14.1. The molecule has 3 aromatic carbocycles. The van der Waals surface area contributed by atoms with E-state index in [2.05, 4.69) is 71.4 Å². The van der Waals surface area contributed by atoms with Crippen LogP contribution >= 0.6 is 0 Å². The molecule has 170 valence electrons. The molecule has 0 fully saturated rings. The highest BCUT2D eigenvalue weighted by atomic mass is 16.1. The third-order valence-electron chi connectivity index (χ3n) is 7.54. The Balaban J connectivity index is 1.61. The van der Waals surface area contributed by atoms with Gasteiger partial charge in [-0.25, -0.2) is 0 Å². The van der Waals surface area contributed by atoms with Gasteiger partial charge in [0.1, 0.15) is 0 Å². The topological polar surface area (TPSA) is 34.0 Å². The van der Waals surface area contributed by atoms with E-state index in [1.165, 1.54) is 22.6 Å². The fourth-order valence-corrected chi connectivity index (χ4v) is 5.99. The largest absolute Gasteiger partial charge is 0.376 e. The Bertz CT molecular complexity index is 1340. The number of unbranched alkanes of at least 4 members (excludes halogenated alkanes) is 1. The molecule has 4 aromatic rings. The molecule has 0 saturated carbocycles. The predicted molar refractivity (Wildman–Crippen MR) is 139 cm³/mol. The normalized spacial score (nSPS) is 18.0. The number of fused-ring (bicyclic) bond motifs is 5. The van der Waals surface area contributed by atoms with Gasteiger partial charge in [-0.15, -0.1) is 0 Å². The molecule has 6 rings (SSSR count). The Kier molecular flexibility index (Phi) is 5.33. The van der Waals surface area contributed by atoms with Crippen LogP contribution in [-0.2, 0) is 13.0 Å². The average molecular weight is 447 g/mol. The van der Waals surface area contributed by atoms with Crippen molar-refractivity contribution in [2.75, 3.05) is 5.32 Å². The van der Waals surface area contributed by atoms with E-state index in [0.717, 1.165) is 54.5 Å². The van der Waals surface area contributed by atoms with Gasteiger partial charge >= 0.3 is 0 Å². The Labute approximate surface area is 201 Å². The summed E-state index contributed by atoms with van der Waals surface area (Å²) in [5.41, 5.74) is 9.05. The lowest BCUT2D eigenvalue weighted by molar-refractivity contribution is 0.103. The summed E-state index contributed by atoms with van der Waals surface area (Å²) in [6.07, 6.45) is 4.20. The molecule has 0 radical (unpaired) electrons. The highest BCUT2D eigenvalue weighted by Crippen LogP contribution is 2.53. The molecule has 3 heteroatoms. The van der Waals surface area contributed by atoms with E-state index in [4.69, 9.17) is 0 Å². The lowest BCUT2D eigenvalue weighted by atomic mass is 9.84. The summed E-state index contributed by atoms with van der Waals surface area (Å²) < 4.78 is 2.49. The summed E-state index contributed by atoms with van der Waals surface area (Å²) in [5.74, 6) is 0.569. The number of ketones is 1. The van der Waals surface area contributed by atoms with Crippen LogP contribution in [0.2, 0.25) is 0 Å². The molecule has 0 unspecified atom stereocenters. The van der Waals surface area contributed by atoms with Crippen LogP contribution in [0.25, 0.3) is 11.1 Å². The van der Waals surface area contributed by atoms with Crippen LogP contribution in [0.1, 0.15) is 71.0 Å². The number of nitrogens with zero attached hydrogens (tertiary/aromatic N) is 1. The molecule has 1 aromatic heterocycles. The number of para-hydroxylation sites is 1. The summed E-state index contributed by atoms with van der Waals surface area (Å²) in [6, 6.07) is 29.2. The summed E-state index contributed by atoms with van der Waals surface area (Å²) in [4.78, 5) is 14.1. The number of aromatic nitrogens is 1. The van der Waals surface area contributed by atoms with Crippen molar-refractivity contribution in [3.8, 4) is 11.1 Å². The number of rotatable bonds is 6. The first-order chi connectivity index (χ1) is 16.8. The molecule has 0 amide bonds. The van der Waals surface area contributed by atoms with E-state index in [0.29, 0.717) is 5.92 Å². The second-order valence-corrected chi connectivity index (χ2v) is 9.50. The van der Waals surface area contributed by atoms with E-state index in [-0.39, 0.29) is 11.8 Å². The van der Waals surface area contributed by atoms with Crippen molar-refractivity contribution in [2.45, 2.75) is 51.1 Å². The highest BCUT2D eigenvalue weighted by molar-refractivity contribution is 6.14. The summed E-state index contributed by atoms with van der Waals surface area (Å²) in [6.45, 7) is 3.18. The van der Waals surface area contributed by atoms with Gasteiger partial charge in [0, 0.05) is 40.7 Å². The number of hydrogen-bond acceptors (Lipinski definition) is 2. The standard InChI is InChI=1S/C31H30N2O/c1-2-3-18-26-28(31(34)22-14-8-5-9-15-22)27(21-12-6-4-7-13-21)30-29-24(19-20-33(26)30)23-16-10-11-17-25(23)32-29/h4-17,24,29,32H,2-3,18-20H2,1H3/t24-,29+/m0/s1. The summed E-state index contributed by atoms with van der Waals surface area (Å²) in [7, 11) is 0. The van der Waals surface area contributed by atoms with Crippen LogP contribution in [0.5, 0.6) is 0 Å². The minimum atomic E-state index is 0.138. The molecule has 0 saturated heterocycles. The van der Waals surface area contributed by atoms with Gasteiger partial charge in [0.05, 0.1) is 11.6 Å². The quantitative estimate of drug-likeness (QED) is 0.313. The second-order valence-electron chi connectivity index (χ2n) is 9.50. The molecule has 0 bridgehead atoms. The minimum Gasteiger partial charge on any atom is -0.376 e. The molecule has 2 aliphatic heterocycles. The van der Waals surface area contributed by atoms with Crippen molar-refractivity contribution in [3.63, 3.8) is 0 Å². The lowest BCUT2D eigenvalue weighted by Crippen LogP contribution is -2.25. The molecule has 3 heterocycles. The van der Waals surface area contributed by atoms with E-state index in [9.17, 15) is 4.79 Å². The van der Waals surface area contributed by atoms with E-state index in [1.807, 2.05) is 30.3 Å². The number of hydrogen-bond donors (Lipinski definition) is 1. The van der Waals surface area contributed by atoms with E-state index >= 15 is 0 Å². The molecule has 1 N–H and O–H groups in total. The highest BCUT2D eigenvalue weighted by Gasteiger charge is 2.42. The molecule has 0 aliphatic carbocycles. The smallest absolute Gasteiger partial charge is 0.195 e. The summed E-state index contributed by atoms with van der Waals surface area (Å²) in [5, 5.41) is 3.85. The van der Waals surface area contributed by atoms with Crippen LogP contribution < -0.4 is 5.32 Å². The van der Waals surface area contributed by atoms with Crippen LogP contribution in [0.3, 0.4) is 0 Å². The monoisotopic (exact) mass is 446 g/mol. The van der Waals surface area contributed by atoms with Crippen molar-refractivity contribution in [3.05, 3.63) is 113 Å². The maximum Gasteiger partial charge on any atom is 0.195 e. The Hall–Kier alpha value is -3.59. The molecular formula is C31H30N2O. The van der Waals surface area contributed by atoms with Gasteiger partial charge in [-0.1, -0.05) is 92.2 Å². The Morgan fingerprint density at radius 2 is 1.65 bits per heavy atom. The lowest BCUT2D eigenvalue weighted by Gasteiger charge is -2.30. The maximum absolute atomic E-state index is 14.1. The first kappa shape index (κ1) is 21.0. The fourth-order valence-electron chi connectivity index (χ4n) is 5.99. The van der Waals surface area contributed by atoms with Crippen LogP contribution in [0, 0.1) is 0 Å².